The zero-order valence-electron chi connectivity index (χ0n) is 14.2. The summed E-state index contributed by atoms with van der Waals surface area (Å²) >= 11 is 0. The molecule has 0 saturated carbocycles. The molecule has 118 valence electrons. The van der Waals surface area contributed by atoms with Gasteiger partial charge in [0.05, 0.1) is 6.61 Å². The van der Waals surface area contributed by atoms with Crippen molar-refractivity contribution < 1.29 is 4.74 Å². The van der Waals surface area contributed by atoms with Crippen molar-refractivity contribution in [1.82, 2.24) is 5.32 Å². The molecular weight excluding hydrogens is 258 g/mol. The fourth-order valence-corrected chi connectivity index (χ4v) is 2.82. The standard InChI is InChI=1S/C19H31NO/c1-15(11-12-20-19(2,3)4)7-8-16-9-10-18-17(14-16)6-5-13-21-18/h9-10,14-15,20H,5-8,11-13H2,1-4H3. The van der Waals surface area contributed by atoms with Crippen LogP contribution in [0.2, 0.25) is 0 Å². The highest BCUT2D eigenvalue weighted by Gasteiger charge is 2.12. The maximum absolute atomic E-state index is 5.68. The Bertz CT molecular complexity index is 447. The van der Waals surface area contributed by atoms with E-state index in [0.29, 0.717) is 0 Å². The van der Waals surface area contributed by atoms with E-state index >= 15 is 0 Å². The summed E-state index contributed by atoms with van der Waals surface area (Å²) < 4.78 is 5.68. The number of rotatable bonds is 6. The molecule has 0 spiro atoms. The molecule has 0 aromatic heterocycles. The molecule has 1 unspecified atom stereocenters. The number of fused-ring (bicyclic) bond motifs is 1. The Morgan fingerprint density at radius 1 is 1.24 bits per heavy atom. The molecule has 1 aliphatic rings. The number of ether oxygens (including phenoxy) is 1. The molecule has 1 atom stereocenters. The molecule has 2 rings (SSSR count). The van der Waals surface area contributed by atoms with Crippen LogP contribution in [-0.4, -0.2) is 18.7 Å². The fraction of sp³-hybridized carbons (Fsp3) is 0.684. The summed E-state index contributed by atoms with van der Waals surface area (Å²) in [6, 6.07) is 6.76. The Morgan fingerprint density at radius 2 is 2.05 bits per heavy atom. The Balaban J connectivity index is 1.75. The maximum Gasteiger partial charge on any atom is 0.122 e. The van der Waals surface area contributed by atoms with E-state index in [4.69, 9.17) is 4.74 Å². The van der Waals surface area contributed by atoms with Crippen molar-refractivity contribution in [2.45, 2.75) is 65.3 Å². The van der Waals surface area contributed by atoms with Gasteiger partial charge in [-0.25, -0.2) is 0 Å². The van der Waals surface area contributed by atoms with Crippen LogP contribution < -0.4 is 10.1 Å². The molecule has 1 aromatic carbocycles. The molecule has 1 aromatic rings. The first-order valence-corrected chi connectivity index (χ1v) is 8.44. The fourth-order valence-electron chi connectivity index (χ4n) is 2.82. The lowest BCUT2D eigenvalue weighted by Crippen LogP contribution is -2.36. The number of aryl methyl sites for hydroxylation is 2. The van der Waals surface area contributed by atoms with Gasteiger partial charge >= 0.3 is 0 Å². The van der Waals surface area contributed by atoms with Crippen LogP contribution in [0.15, 0.2) is 18.2 Å². The first-order valence-electron chi connectivity index (χ1n) is 8.44. The van der Waals surface area contributed by atoms with Gasteiger partial charge in [-0.15, -0.1) is 0 Å². The third-order valence-corrected chi connectivity index (χ3v) is 4.19. The first kappa shape index (κ1) is 16.4. The summed E-state index contributed by atoms with van der Waals surface area (Å²) in [6.45, 7) is 11.0. The highest BCUT2D eigenvalue weighted by molar-refractivity contribution is 5.38. The lowest BCUT2D eigenvalue weighted by molar-refractivity contribution is 0.288. The van der Waals surface area contributed by atoms with Crippen LogP contribution in [0, 0.1) is 5.92 Å². The summed E-state index contributed by atoms with van der Waals surface area (Å²) in [4.78, 5) is 0. The number of nitrogens with one attached hydrogen (secondary N) is 1. The number of benzene rings is 1. The van der Waals surface area contributed by atoms with Gasteiger partial charge in [0.25, 0.3) is 0 Å². The van der Waals surface area contributed by atoms with Gasteiger partial charge in [-0.1, -0.05) is 19.1 Å². The van der Waals surface area contributed by atoms with Crippen molar-refractivity contribution in [2.75, 3.05) is 13.2 Å². The minimum absolute atomic E-state index is 0.234. The SMILES string of the molecule is CC(CCNC(C)(C)C)CCc1ccc2c(c1)CCCO2. The lowest BCUT2D eigenvalue weighted by Gasteiger charge is -2.22. The van der Waals surface area contributed by atoms with E-state index in [0.717, 1.165) is 31.2 Å². The molecule has 1 N–H and O–H groups in total. The van der Waals surface area contributed by atoms with Crippen LogP contribution >= 0.6 is 0 Å². The third kappa shape index (κ3) is 5.70. The maximum atomic E-state index is 5.68. The van der Waals surface area contributed by atoms with Gasteiger partial charge in [0.1, 0.15) is 5.75 Å². The van der Waals surface area contributed by atoms with Crippen LogP contribution in [0.3, 0.4) is 0 Å². The average molecular weight is 289 g/mol. The first-order chi connectivity index (χ1) is 9.94. The largest absolute Gasteiger partial charge is 0.493 e. The Hall–Kier alpha value is -1.02. The molecule has 0 saturated heterocycles. The zero-order valence-corrected chi connectivity index (χ0v) is 14.2. The van der Waals surface area contributed by atoms with E-state index in [-0.39, 0.29) is 5.54 Å². The third-order valence-electron chi connectivity index (χ3n) is 4.19. The Kier molecular flexibility index (Phi) is 5.69. The van der Waals surface area contributed by atoms with Crippen molar-refractivity contribution in [3.8, 4) is 5.75 Å². The quantitative estimate of drug-likeness (QED) is 0.840. The van der Waals surface area contributed by atoms with Gasteiger partial charge in [-0.2, -0.15) is 0 Å². The van der Waals surface area contributed by atoms with E-state index < -0.39 is 0 Å². The second kappa shape index (κ2) is 7.31. The minimum atomic E-state index is 0.234. The molecule has 21 heavy (non-hydrogen) atoms. The highest BCUT2D eigenvalue weighted by Crippen LogP contribution is 2.26. The van der Waals surface area contributed by atoms with Crippen molar-refractivity contribution in [3.63, 3.8) is 0 Å². The molecule has 0 aliphatic carbocycles. The predicted molar refractivity (Wildman–Crippen MR) is 90.1 cm³/mol. The van der Waals surface area contributed by atoms with Crippen LogP contribution in [0.4, 0.5) is 0 Å². The summed E-state index contributed by atoms with van der Waals surface area (Å²) in [5.74, 6) is 1.87. The van der Waals surface area contributed by atoms with E-state index in [1.54, 1.807) is 0 Å². The highest BCUT2D eigenvalue weighted by atomic mass is 16.5. The van der Waals surface area contributed by atoms with Gasteiger partial charge in [-0.05, 0) is 82.5 Å². The zero-order chi connectivity index (χ0) is 15.3. The summed E-state index contributed by atoms with van der Waals surface area (Å²) in [5.41, 5.74) is 3.11. The molecular formula is C19H31NO. The molecule has 0 amide bonds. The van der Waals surface area contributed by atoms with E-state index in [9.17, 15) is 0 Å². The molecule has 0 bridgehead atoms. The minimum Gasteiger partial charge on any atom is -0.493 e. The monoisotopic (exact) mass is 289 g/mol. The van der Waals surface area contributed by atoms with E-state index in [2.05, 4.69) is 51.2 Å². The molecule has 1 aliphatic heterocycles. The number of hydrogen-bond donors (Lipinski definition) is 1. The van der Waals surface area contributed by atoms with Crippen molar-refractivity contribution in [2.24, 2.45) is 5.92 Å². The van der Waals surface area contributed by atoms with Crippen LogP contribution in [-0.2, 0) is 12.8 Å². The predicted octanol–water partition coefficient (Wildman–Crippen LogP) is 4.36. The van der Waals surface area contributed by atoms with E-state index in [1.165, 1.54) is 36.8 Å². The molecule has 0 radical (unpaired) electrons. The Labute approximate surface area is 130 Å². The van der Waals surface area contributed by atoms with E-state index in [1.807, 2.05) is 0 Å². The van der Waals surface area contributed by atoms with Crippen molar-refractivity contribution in [1.29, 1.82) is 0 Å². The lowest BCUT2D eigenvalue weighted by atomic mass is 9.95. The molecule has 1 heterocycles. The summed E-state index contributed by atoms with van der Waals surface area (Å²) in [6.07, 6.45) is 6.04. The van der Waals surface area contributed by atoms with Crippen LogP contribution in [0.1, 0.15) is 58.1 Å². The van der Waals surface area contributed by atoms with Gasteiger partial charge in [0, 0.05) is 5.54 Å². The van der Waals surface area contributed by atoms with Crippen molar-refractivity contribution >= 4 is 0 Å². The topological polar surface area (TPSA) is 21.3 Å². The van der Waals surface area contributed by atoms with Gasteiger partial charge in [0.2, 0.25) is 0 Å². The van der Waals surface area contributed by atoms with Crippen LogP contribution in [0.25, 0.3) is 0 Å². The molecule has 0 fully saturated rings. The normalized spacial score (nSPS) is 16.2. The second-order valence-electron chi connectivity index (χ2n) is 7.50. The Morgan fingerprint density at radius 3 is 2.81 bits per heavy atom. The smallest absolute Gasteiger partial charge is 0.122 e. The summed E-state index contributed by atoms with van der Waals surface area (Å²) in [7, 11) is 0. The molecule has 2 nitrogen and oxygen atoms in total. The van der Waals surface area contributed by atoms with Gasteiger partial charge in [0.15, 0.2) is 0 Å². The second-order valence-corrected chi connectivity index (χ2v) is 7.50. The van der Waals surface area contributed by atoms with Crippen molar-refractivity contribution in [3.05, 3.63) is 29.3 Å². The molecule has 2 heteroatoms. The number of hydrogen-bond acceptors (Lipinski definition) is 2. The van der Waals surface area contributed by atoms with Crippen LogP contribution in [0.5, 0.6) is 5.75 Å². The van der Waals surface area contributed by atoms with Gasteiger partial charge in [-0.3, -0.25) is 0 Å². The average Bonchev–Trinajstić information content (AvgIpc) is 2.43. The summed E-state index contributed by atoms with van der Waals surface area (Å²) in [5, 5.41) is 3.58. The van der Waals surface area contributed by atoms with Gasteiger partial charge < -0.3 is 10.1 Å².